The maximum atomic E-state index is 12.4. The van der Waals surface area contributed by atoms with Crippen LogP contribution in [0.25, 0.3) is 0 Å². The summed E-state index contributed by atoms with van der Waals surface area (Å²) >= 11 is 0. The van der Waals surface area contributed by atoms with Crippen LogP contribution in [0.5, 0.6) is 11.5 Å². The smallest absolute Gasteiger partial charge is 0.335 e. The molecule has 0 bridgehead atoms. The minimum atomic E-state index is -1.15. The number of aromatic carboxylic acids is 1. The first kappa shape index (κ1) is 18.7. The fraction of sp³-hybridized carbons (Fsp3) is 0. The van der Waals surface area contributed by atoms with Gasteiger partial charge in [-0.3, -0.25) is 4.79 Å². The zero-order valence-electron chi connectivity index (χ0n) is 14.5. The number of carbonyl (C=O) groups is 2. The van der Waals surface area contributed by atoms with Crippen LogP contribution in [-0.4, -0.2) is 32.9 Å². The van der Waals surface area contributed by atoms with Gasteiger partial charge in [-0.05, 0) is 42.5 Å². The number of hydrogen-bond donors (Lipinski definition) is 4. The van der Waals surface area contributed by atoms with Crippen LogP contribution in [0.4, 0.5) is 0 Å². The molecule has 0 saturated carbocycles. The van der Waals surface area contributed by atoms with Gasteiger partial charge in [0.05, 0.1) is 5.56 Å². The second-order valence-corrected chi connectivity index (χ2v) is 5.82. The summed E-state index contributed by atoms with van der Waals surface area (Å²) < 4.78 is 0. The van der Waals surface area contributed by atoms with Crippen LogP contribution in [0.1, 0.15) is 31.8 Å². The van der Waals surface area contributed by atoms with Crippen molar-refractivity contribution < 1.29 is 24.9 Å². The Hall–Kier alpha value is -4.13. The molecule has 140 valence electrons. The zero-order chi connectivity index (χ0) is 20.1. The maximum Gasteiger partial charge on any atom is 0.335 e. The van der Waals surface area contributed by atoms with E-state index in [2.05, 4.69) is 10.5 Å². The summed E-state index contributed by atoms with van der Waals surface area (Å²) in [6.45, 7) is 0. The maximum absolute atomic E-state index is 12.4. The van der Waals surface area contributed by atoms with E-state index in [9.17, 15) is 19.8 Å². The molecule has 0 aliphatic carbocycles. The number of benzene rings is 3. The Bertz CT molecular complexity index is 1030. The molecule has 0 spiro atoms. The van der Waals surface area contributed by atoms with Crippen molar-refractivity contribution in [3.05, 3.63) is 95.1 Å². The molecule has 7 heteroatoms. The number of hydrogen-bond acceptors (Lipinski definition) is 5. The van der Waals surface area contributed by atoms with Gasteiger partial charge in [0.1, 0.15) is 17.2 Å². The van der Waals surface area contributed by atoms with E-state index in [0.29, 0.717) is 11.1 Å². The highest BCUT2D eigenvalue weighted by Gasteiger charge is 2.16. The second kappa shape index (κ2) is 8.05. The summed E-state index contributed by atoms with van der Waals surface area (Å²) in [6.07, 6.45) is 0. The van der Waals surface area contributed by atoms with Crippen LogP contribution < -0.4 is 5.43 Å². The van der Waals surface area contributed by atoms with Gasteiger partial charge in [-0.15, -0.1) is 0 Å². The molecule has 0 heterocycles. The molecule has 4 N–H and O–H groups in total. The summed E-state index contributed by atoms with van der Waals surface area (Å²) in [5.74, 6) is -1.94. The van der Waals surface area contributed by atoms with Crippen molar-refractivity contribution in [2.24, 2.45) is 5.10 Å². The Kier molecular flexibility index (Phi) is 5.36. The highest BCUT2D eigenvalue weighted by Crippen LogP contribution is 2.25. The van der Waals surface area contributed by atoms with Crippen LogP contribution in [0, 0.1) is 0 Å². The van der Waals surface area contributed by atoms with Crippen LogP contribution in [0.3, 0.4) is 0 Å². The SMILES string of the molecule is O=C(O)c1cccc(C(=O)NN=C(c2ccccc2O)c2ccccc2O)c1. The van der Waals surface area contributed by atoms with E-state index in [-0.39, 0.29) is 28.3 Å². The molecule has 28 heavy (non-hydrogen) atoms. The summed E-state index contributed by atoms with van der Waals surface area (Å²) in [6, 6.07) is 18.3. The van der Waals surface area contributed by atoms with Crippen molar-refractivity contribution in [3.8, 4) is 11.5 Å². The zero-order valence-corrected chi connectivity index (χ0v) is 14.5. The number of phenols is 2. The number of carboxylic acids is 1. The number of nitrogens with one attached hydrogen (secondary N) is 1. The molecule has 0 unspecified atom stereocenters. The molecule has 3 rings (SSSR count). The highest BCUT2D eigenvalue weighted by atomic mass is 16.4. The minimum absolute atomic E-state index is 0.0294. The van der Waals surface area contributed by atoms with Crippen molar-refractivity contribution in [2.75, 3.05) is 0 Å². The van der Waals surface area contributed by atoms with Crippen molar-refractivity contribution in [1.29, 1.82) is 0 Å². The molecule has 0 saturated heterocycles. The average molecular weight is 376 g/mol. The third-order valence-corrected chi connectivity index (χ3v) is 3.96. The van der Waals surface area contributed by atoms with Gasteiger partial charge in [-0.1, -0.05) is 30.3 Å². The fourth-order valence-electron chi connectivity index (χ4n) is 2.58. The Morgan fingerprint density at radius 2 is 1.29 bits per heavy atom. The normalized spacial score (nSPS) is 10.1. The Labute approximate surface area is 160 Å². The monoisotopic (exact) mass is 376 g/mol. The summed E-state index contributed by atoms with van der Waals surface area (Å²) in [5.41, 5.74) is 3.20. The van der Waals surface area contributed by atoms with E-state index in [4.69, 9.17) is 5.11 Å². The molecule has 3 aromatic carbocycles. The van der Waals surface area contributed by atoms with Crippen molar-refractivity contribution in [1.82, 2.24) is 5.43 Å². The third-order valence-electron chi connectivity index (χ3n) is 3.96. The van der Waals surface area contributed by atoms with Gasteiger partial charge in [-0.2, -0.15) is 5.10 Å². The quantitative estimate of drug-likeness (QED) is 0.403. The first-order valence-corrected chi connectivity index (χ1v) is 8.25. The molecular weight excluding hydrogens is 360 g/mol. The first-order chi connectivity index (χ1) is 13.5. The lowest BCUT2D eigenvalue weighted by Gasteiger charge is -2.11. The number of carbonyl (C=O) groups excluding carboxylic acids is 1. The minimum Gasteiger partial charge on any atom is -0.507 e. The fourth-order valence-corrected chi connectivity index (χ4v) is 2.58. The number of carboxylic acid groups (broad SMARTS) is 1. The van der Waals surface area contributed by atoms with E-state index >= 15 is 0 Å². The molecular formula is C21H16N2O5. The largest absolute Gasteiger partial charge is 0.507 e. The van der Waals surface area contributed by atoms with Gasteiger partial charge in [0.15, 0.2) is 0 Å². The number of aromatic hydroxyl groups is 2. The van der Waals surface area contributed by atoms with Crippen LogP contribution in [0.15, 0.2) is 77.9 Å². The Balaban J connectivity index is 1.99. The Morgan fingerprint density at radius 3 is 1.82 bits per heavy atom. The molecule has 0 aromatic heterocycles. The van der Waals surface area contributed by atoms with Gasteiger partial charge in [0.25, 0.3) is 5.91 Å². The molecule has 0 atom stereocenters. The lowest BCUT2D eigenvalue weighted by Crippen LogP contribution is -2.21. The number of nitrogens with zero attached hydrogens (tertiary/aromatic N) is 1. The van der Waals surface area contributed by atoms with Crippen molar-refractivity contribution in [2.45, 2.75) is 0 Å². The lowest BCUT2D eigenvalue weighted by atomic mass is 10.0. The van der Waals surface area contributed by atoms with Crippen LogP contribution in [-0.2, 0) is 0 Å². The predicted octanol–water partition coefficient (Wildman–Crippen LogP) is 2.98. The predicted molar refractivity (Wildman–Crippen MR) is 103 cm³/mol. The second-order valence-electron chi connectivity index (χ2n) is 5.82. The van der Waals surface area contributed by atoms with Crippen LogP contribution >= 0.6 is 0 Å². The van der Waals surface area contributed by atoms with Gasteiger partial charge in [0.2, 0.25) is 0 Å². The first-order valence-electron chi connectivity index (χ1n) is 8.25. The molecule has 1 amide bonds. The van der Waals surface area contributed by atoms with Gasteiger partial charge in [-0.25, -0.2) is 10.2 Å². The number of hydrazone groups is 1. The molecule has 7 nitrogen and oxygen atoms in total. The number of amides is 1. The van der Waals surface area contributed by atoms with E-state index in [1.165, 1.54) is 36.4 Å². The van der Waals surface area contributed by atoms with E-state index in [0.717, 1.165) is 0 Å². The number of para-hydroxylation sites is 2. The topological polar surface area (TPSA) is 119 Å². The third kappa shape index (κ3) is 3.99. The number of rotatable bonds is 5. The summed E-state index contributed by atoms with van der Waals surface area (Å²) in [7, 11) is 0. The number of phenolic OH excluding ortho intramolecular Hbond substituents is 2. The molecule has 0 fully saturated rings. The molecule has 0 aliphatic rings. The summed E-state index contributed by atoms with van der Waals surface area (Å²) in [5, 5.41) is 33.5. The van der Waals surface area contributed by atoms with Crippen LogP contribution in [0.2, 0.25) is 0 Å². The van der Waals surface area contributed by atoms with E-state index < -0.39 is 11.9 Å². The lowest BCUT2D eigenvalue weighted by molar-refractivity contribution is 0.0697. The standard InChI is InChI=1S/C21H16N2O5/c24-17-10-3-1-8-15(17)19(16-9-2-4-11-18(16)25)22-23-20(26)13-6-5-7-14(12-13)21(27)28/h1-12,24-25H,(H,23,26)(H,27,28). The highest BCUT2D eigenvalue weighted by molar-refractivity contribution is 6.16. The Morgan fingerprint density at radius 1 is 0.750 bits per heavy atom. The molecule has 0 radical (unpaired) electrons. The summed E-state index contributed by atoms with van der Waals surface area (Å²) in [4.78, 5) is 23.5. The van der Waals surface area contributed by atoms with Crippen molar-refractivity contribution in [3.63, 3.8) is 0 Å². The average Bonchev–Trinajstić information content (AvgIpc) is 2.70. The van der Waals surface area contributed by atoms with Crippen molar-refractivity contribution >= 4 is 17.6 Å². The van der Waals surface area contributed by atoms with E-state index in [1.807, 2.05) is 0 Å². The van der Waals surface area contributed by atoms with E-state index in [1.54, 1.807) is 36.4 Å². The molecule has 0 aliphatic heterocycles. The van der Waals surface area contributed by atoms with Gasteiger partial charge < -0.3 is 15.3 Å². The van der Waals surface area contributed by atoms with Gasteiger partial charge in [0, 0.05) is 16.7 Å². The molecule has 3 aromatic rings. The van der Waals surface area contributed by atoms with Gasteiger partial charge >= 0.3 is 5.97 Å².